The molecule has 0 aliphatic carbocycles. The van der Waals surface area contributed by atoms with Gasteiger partial charge in [0.25, 0.3) is 0 Å². The molecular weight excluding hydrogens is 620 g/mol. The molecule has 1 saturated heterocycles. The quantitative estimate of drug-likeness (QED) is 0.141. The molecule has 0 spiro atoms. The van der Waals surface area contributed by atoms with E-state index in [1.54, 1.807) is 0 Å². The highest BCUT2D eigenvalue weighted by molar-refractivity contribution is 6.30. The second-order valence-electron chi connectivity index (χ2n) is 11.8. The van der Waals surface area contributed by atoms with Gasteiger partial charge in [-0.1, -0.05) is 103 Å². The van der Waals surface area contributed by atoms with Crippen molar-refractivity contribution in [3.63, 3.8) is 0 Å². The lowest BCUT2D eigenvalue weighted by atomic mass is 9.82. The van der Waals surface area contributed by atoms with Crippen molar-refractivity contribution in [1.82, 2.24) is 9.80 Å². The van der Waals surface area contributed by atoms with Gasteiger partial charge in [0.15, 0.2) is 0 Å². The van der Waals surface area contributed by atoms with Crippen LogP contribution >= 0.6 is 11.6 Å². The first-order chi connectivity index (χ1) is 23.1. The van der Waals surface area contributed by atoms with Crippen molar-refractivity contribution in [1.29, 1.82) is 0 Å². The maximum atomic E-state index is 11.9. The highest BCUT2D eigenvalue weighted by Gasteiger charge is 2.40. The Bertz CT molecular complexity index is 1070. The van der Waals surface area contributed by atoms with Gasteiger partial charge in [0.05, 0.1) is 5.54 Å². The topological polar surface area (TPSA) is 32.5 Å². The van der Waals surface area contributed by atoms with Gasteiger partial charge in [-0.2, -0.15) is 0 Å². The van der Waals surface area contributed by atoms with Crippen LogP contribution in [-0.4, -0.2) is 41.5 Å². The number of likely N-dealkylation sites (tertiary alicyclic amines) is 1. The van der Waals surface area contributed by atoms with Crippen LogP contribution in [0.3, 0.4) is 0 Å². The van der Waals surface area contributed by atoms with Crippen molar-refractivity contribution in [3.05, 3.63) is 122 Å². The fourth-order valence-electron chi connectivity index (χ4n) is 6.09. The Hall–Kier alpha value is -2.89. The van der Waals surface area contributed by atoms with E-state index in [1.165, 1.54) is 61.6 Å². The average molecular weight is 688 g/mol. The van der Waals surface area contributed by atoms with Crippen molar-refractivity contribution in [2.75, 3.05) is 26.2 Å². The van der Waals surface area contributed by atoms with E-state index in [0.717, 1.165) is 81.5 Å². The largest absolute Gasteiger partial charge is 0.401 e. The summed E-state index contributed by atoms with van der Waals surface area (Å²) in [5.74, 6) is -0.378. The summed E-state index contributed by atoms with van der Waals surface area (Å²) in [6, 6.07) is 13.0. The number of allylic oxidation sites excluding steroid dienone is 1. The van der Waals surface area contributed by atoms with Crippen molar-refractivity contribution < 1.29 is 8.78 Å². The molecule has 0 radical (unpaired) electrons. The molecule has 3 nitrogen and oxygen atoms in total. The zero-order valence-electron chi connectivity index (χ0n) is 31.2. The van der Waals surface area contributed by atoms with E-state index in [4.69, 9.17) is 17.3 Å². The number of rotatable bonds is 16. The summed E-state index contributed by atoms with van der Waals surface area (Å²) in [6.07, 6.45) is 13.0. The number of piperidine rings is 1. The number of hydrogen-bond donors (Lipinski definition) is 1. The molecule has 0 aromatic heterocycles. The minimum absolute atomic E-state index is 0.0555. The van der Waals surface area contributed by atoms with Crippen molar-refractivity contribution >= 4 is 11.6 Å². The molecule has 0 bridgehead atoms. The smallest absolute Gasteiger partial charge is 0.126 e. The van der Waals surface area contributed by atoms with Gasteiger partial charge in [0.2, 0.25) is 0 Å². The fourth-order valence-corrected chi connectivity index (χ4v) is 6.21. The molecule has 1 aliphatic rings. The Morgan fingerprint density at radius 1 is 0.854 bits per heavy atom. The van der Waals surface area contributed by atoms with E-state index in [2.05, 4.69) is 82.2 Å². The first kappa shape index (κ1) is 47.2. The van der Waals surface area contributed by atoms with Crippen LogP contribution in [0.5, 0.6) is 0 Å². The van der Waals surface area contributed by atoms with Gasteiger partial charge in [-0.25, -0.2) is 8.78 Å². The van der Waals surface area contributed by atoms with E-state index in [0.29, 0.717) is 5.92 Å². The lowest BCUT2D eigenvalue weighted by Gasteiger charge is -2.50. The number of nitrogens with two attached hydrogens (primary N) is 1. The van der Waals surface area contributed by atoms with Gasteiger partial charge in [0, 0.05) is 35.6 Å². The third-order valence-electron chi connectivity index (χ3n) is 8.51. The number of nitrogens with zero attached hydrogens (tertiary/aromatic N) is 2. The van der Waals surface area contributed by atoms with Crippen LogP contribution in [0.25, 0.3) is 0 Å². The monoisotopic (exact) mass is 688 g/mol. The second kappa shape index (κ2) is 29.1. The summed E-state index contributed by atoms with van der Waals surface area (Å²) in [6.45, 7) is 35.8. The molecule has 0 saturated carbocycles. The van der Waals surface area contributed by atoms with E-state index in [1.807, 2.05) is 26.0 Å². The molecule has 272 valence electrons. The van der Waals surface area contributed by atoms with Crippen LogP contribution in [0.4, 0.5) is 8.78 Å². The summed E-state index contributed by atoms with van der Waals surface area (Å²) < 4.78 is 23.9. The Labute approximate surface area is 299 Å². The minimum Gasteiger partial charge on any atom is -0.401 e. The summed E-state index contributed by atoms with van der Waals surface area (Å²) in [5, 5.41) is 0.817. The lowest BCUT2D eigenvalue weighted by Crippen LogP contribution is -2.58. The Balaban J connectivity index is 0. The molecule has 2 aromatic rings. The Morgan fingerprint density at radius 3 is 1.79 bits per heavy atom. The molecule has 3 rings (SSSR count). The maximum absolute atomic E-state index is 11.9. The van der Waals surface area contributed by atoms with Crippen LogP contribution in [-0.2, 0) is 6.42 Å². The van der Waals surface area contributed by atoms with Crippen LogP contribution in [0.2, 0.25) is 5.02 Å². The molecule has 1 atom stereocenters. The van der Waals surface area contributed by atoms with Crippen molar-refractivity contribution in [2.24, 2.45) is 11.7 Å². The number of halogens is 3. The van der Waals surface area contributed by atoms with Gasteiger partial charge in [0.1, 0.15) is 11.6 Å². The van der Waals surface area contributed by atoms with E-state index >= 15 is 0 Å². The number of hydrogen-bond acceptors (Lipinski definition) is 3. The van der Waals surface area contributed by atoms with Crippen LogP contribution in [0.1, 0.15) is 104 Å². The Kier molecular flexibility index (Phi) is 28.6. The first-order valence-electron chi connectivity index (χ1n) is 17.9. The molecule has 1 fully saturated rings. The normalized spacial score (nSPS) is 13.6. The highest BCUT2D eigenvalue weighted by Crippen LogP contribution is 2.35. The zero-order valence-corrected chi connectivity index (χ0v) is 31.9. The summed E-state index contributed by atoms with van der Waals surface area (Å²) >= 11 is 6.10. The number of unbranched alkanes of at least 4 members (excludes halogenated alkanes) is 2. The molecule has 6 heteroatoms. The number of benzene rings is 2. The maximum Gasteiger partial charge on any atom is 0.126 e. The molecule has 1 heterocycles. The minimum atomic E-state index is -0.537. The zero-order chi connectivity index (χ0) is 37.0. The van der Waals surface area contributed by atoms with Crippen LogP contribution < -0.4 is 5.73 Å². The van der Waals surface area contributed by atoms with Gasteiger partial charge in [-0.05, 0) is 93.8 Å². The van der Waals surface area contributed by atoms with Gasteiger partial charge in [-0.15, -0.1) is 26.3 Å². The SMILES string of the molecule is C=C.C=C.C=C(CC[C@@H](CCCCC)Cc1ccc(Cl)cc1)N1CCC(C(=C)N)(N(CCC)CCC)CC1.CC.Fc1cccc(F)c1. The molecule has 2 aromatic carbocycles. The summed E-state index contributed by atoms with van der Waals surface area (Å²) in [7, 11) is 0. The summed E-state index contributed by atoms with van der Waals surface area (Å²) in [4.78, 5) is 5.12. The van der Waals surface area contributed by atoms with Crippen molar-refractivity contribution in [3.8, 4) is 0 Å². The van der Waals surface area contributed by atoms with E-state index in [-0.39, 0.29) is 5.54 Å². The molecule has 1 aliphatic heterocycles. The van der Waals surface area contributed by atoms with Crippen LogP contribution in [0, 0.1) is 17.6 Å². The molecule has 0 unspecified atom stereocenters. The second-order valence-corrected chi connectivity index (χ2v) is 12.2. The standard InChI is InChI=1S/C30H50ClN3.C6H4F2.C2H6.2C2H4/c1-6-9-10-11-27(24-28-14-16-29(31)17-15-28)13-12-25(4)33-22-18-30(19-23-33,26(5)32)34(20-7-2)21-8-3;7-5-2-1-3-6(8)4-5;3*1-2/h14-17,27H,4-13,18-24,32H2,1-3H3;1-4H;1-2H3;2*1-2H2/t27-;;;;/m1..../s1. The molecule has 2 N–H and O–H groups in total. The fraction of sp³-hybridized carbons (Fsp3) is 0.524. The molecular formula is C42H68ClF2N3. The average Bonchev–Trinajstić information content (AvgIpc) is 3.10. The Morgan fingerprint density at radius 2 is 1.38 bits per heavy atom. The lowest BCUT2D eigenvalue weighted by molar-refractivity contribution is 0.0550. The molecule has 0 amide bonds. The predicted octanol–water partition coefficient (Wildman–Crippen LogP) is 12.4. The van der Waals surface area contributed by atoms with Gasteiger partial charge >= 0.3 is 0 Å². The third-order valence-corrected chi connectivity index (χ3v) is 8.76. The third kappa shape index (κ3) is 18.0. The molecule has 48 heavy (non-hydrogen) atoms. The van der Waals surface area contributed by atoms with Gasteiger partial charge in [-0.3, -0.25) is 4.90 Å². The highest BCUT2D eigenvalue weighted by atomic mass is 35.5. The first-order valence-corrected chi connectivity index (χ1v) is 18.3. The van der Waals surface area contributed by atoms with Gasteiger partial charge < -0.3 is 10.6 Å². The van der Waals surface area contributed by atoms with E-state index in [9.17, 15) is 8.78 Å². The van der Waals surface area contributed by atoms with Crippen molar-refractivity contribution in [2.45, 2.75) is 111 Å². The van der Waals surface area contributed by atoms with Crippen LogP contribution in [0.15, 0.2) is 99.4 Å². The summed E-state index contributed by atoms with van der Waals surface area (Å²) in [5.41, 5.74) is 9.92. The van der Waals surface area contributed by atoms with E-state index < -0.39 is 11.6 Å². The predicted molar refractivity (Wildman–Crippen MR) is 210 cm³/mol.